The van der Waals surface area contributed by atoms with E-state index in [4.69, 9.17) is 9.47 Å². The highest BCUT2D eigenvalue weighted by atomic mass is 16.5. The van der Waals surface area contributed by atoms with Crippen molar-refractivity contribution in [1.82, 2.24) is 4.90 Å². The van der Waals surface area contributed by atoms with Crippen molar-refractivity contribution in [2.75, 3.05) is 13.2 Å². The Bertz CT molecular complexity index is 678. The van der Waals surface area contributed by atoms with Gasteiger partial charge in [0.15, 0.2) is 0 Å². The largest absolute Gasteiger partial charge is 0.464 e. The number of carbonyl (C=O) groups is 2. The zero-order valence-electron chi connectivity index (χ0n) is 16.3. The molecule has 0 bridgehead atoms. The van der Waals surface area contributed by atoms with Crippen molar-refractivity contribution in [2.45, 2.75) is 47.1 Å². The summed E-state index contributed by atoms with van der Waals surface area (Å²) in [4.78, 5) is 26.6. The summed E-state index contributed by atoms with van der Waals surface area (Å²) in [6, 6.07) is 7.06. The second kappa shape index (κ2) is 8.88. The summed E-state index contributed by atoms with van der Waals surface area (Å²) >= 11 is 0. The number of hydrogen-bond acceptors (Lipinski definition) is 4. The summed E-state index contributed by atoms with van der Waals surface area (Å²) in [5, 5.41) is 0. The Kier molecular flexibility index (Phi) is 6.83. The normalized spacial score (nSPS) is 15.4. The van der Waals surface area contributed by atoms with E-state index in [-0.39, 0.29) is 30.3 Å². The molecule has 0 aromatic heterocycles. The highest BCUT2D eigenvalue weighted by molar-refractivity contribution is 5.94. The molecule has 0 saturated heterocycles. The van der Waals surface area contributed by atoms with Crippen molar-refractivity contribution in [3.05, 3.63) is 41.7 Å². The van der Waals surface area contributed by atoms with Crippen LogP contribution in [0.3, 0.4) is 0 Å². The maximum Gasteiger partial charge on any atom is 0.328 e. The molecule has 1 heterocycles. The molecule has 0 radical (unpaired) electrons. The maximum absolute atomic E-state index is 12.6. The summed E-state index contributed by atoms with van der Waals surface area (Å²) < 4.78 is 11.3. The maximum atomic E-state index is 12.6. The second-order valence-electron chi connectivity index (χ2n) is 7.61. The Morgan fingerprint density at radius 2 is 1.85 bits per heavy atom. The minimum Gasteiger partial charge on any atom is -0.464 e. The molecule has 0 saturated carbocycles. The number of benzene rings is 1. The minimum atomic E-state index is -0.588. The Morgan fingerprint density at radius 3 is 2.46 bits per heavy atom. The van der Waals surface area contributed by atoms with E-state index in [0.29, 0.717) is 18.8 Å². The fourth-order valence-electron chi connectivity index (χ4n) is 2.79. The van der Waals surface area contributed by atoms with E-state index >= 15 is 0 Å². The smallest absolute Gasteiger partial charge is 0.328 e. The number of carbonyl (C=O) groups excluding carboxylic acids is 2. The van der Waals surface area contributed by atoms with E-state index < -0.39 is 6.04 Å². The van der Waals surface area contributed by atoms with E-state index in [9.17, 15) is 9.59 Å². The summed E-state index contributed by atoms with van der Waals surface area (Å²) in [6.07, 6.45) is 2.03. The SMILES string of the molecule is Cc1ccccc1OC1=CC(=O)N(C(CC(C)C)C(=O)OCC(C)C)C1. The average molecular weight is 359 g/mol. The van der Waals surface area contributed by atoms with E-state index in [2.05, 4.69) is 0 Å². The number of esters is 1. The van der Waals surface area contributed by atoms with Crippen LogP contribution in [0.15, 0.2) is 36.1 Å². The Balaban J connectivity index is 2.09. The van der Waals surface area contributed by atoms with E-state index in [1.54, 1.807) is 4.90 Å². The van der Waals surface area contributed by atoms with Gasteiger partial charge in [0.1, 0.15) is 17.6 Å². The first-order valence-corrected chi connectivity index (χ1v) is 9.19. The Hall–Kier alpha value is -2.30. The van der Waals surface area contributed by atoms with Crippen molar-refractivity contribution in [3.63, 3.8) is 0 Å². The summed E-state index contributed by atoms with van der Waals surface area (Å²) in [6.45, 7) is 10.6. The van der Waals surface area contributed by atoms with Crippen LogP contribution in [0.25, 0.3) is 0 Å². The van der Waals surface area contributed by atoms with Gasteiger partial charge in [-0.15, -0.1) is 0 Å². The third kappa shape index (κ3) is 5.35. The third-order valence-electron chi connectivity index (χ3n) is 4.13. The van der Waals surface area contributed by atoms with Crippen molar-refractivity contribution >= 4 is 11.9 Å². The molecule has 0 spiro atoms. The highest BCUT2D eigenvalue weighted by Crippen LogP contribution is 2.25. The monoisotopic (exact) mass is 359 g/mol. The predicted octanol–water partition coefficient (Wildman–Crippen LogP) is 3.71. The molecule has 1 aliphatic heterocycles. The average Bonchev–Trinajstić information content (AvgIpc) is 2.92. The second-order valence-corrected chi connectivity index (χ2v) is 7.61. The van der Waals surface area contributed by atoms with Crippen molar-refractivity contribution in [3.8, 4) is 5.75 Å². The molecule has 1 amide bonds. The van der Waals surface area contributed by atoms with Crippen molar-refractivity contribution in [1.29, 1.82) is 0 Å². The molecule has 5 nitrogen and oxygen atoms in total. The summed E-state index contributed by atoms with van der Waals surface area (Å²) in [7, 11) is 0. The lowest BCUT2D eigenvalue weighted by atomic mass is 10.0. The van der Waals surface area contributed by atoms with Gasteiger partial charge in [-0.2, -0.15) is 0 Å². The zero-order chi connectivity index (χ0) is 19.3. The van der Waals surface area contributed by atoms with Gasteiger partial charge in [-0.05, 0) is 36.8 Å². The molecule has 1 aromatic carbocycles. The number of ether oxygens (including phenoxy) is 2. The standard InChI is InChI=1S/C21H29NO4/c1-14(2)10-18(21(24)25-13-15(3)4)22-12-17(11-20(22)23)26-19-9-7-6-8-16(19)5/h6-9,11,14-15,18H,10,12-13H2,1-5H3. The molecule has 26 heavy (non-hydrogen) atoms. The fourth-order valence-corrected chi connectivity index (χ4v) is 2.79. The van der Waals surface area contributed by atoms with Crippen LogP contribution in [0.1, 0.15) is 39.7 Å². The molecule has 0 fully saturated rings. The van der Waals surface area contributed by atoms with Crippen molar-refractivity contribution in [2.24, 2.45) is 11.8 Å². The van der Waals surface area contributed by atoms with Gasteiger partial charge < -0.3 is 14.4 Å². The van der Waals surface area contributed by atoms with E-state index in [1.165, 1.54) is 6.08 Å². The number of aryl methyl sites for hydroxylation is 1. The van der Waals surface area contributed by atoms with E-state index in [1.807, 2.05) is 58.9 Å². The molecule has 1 aliphatic rings. The quantitative estimate of drug-likeness (QED) is 0.664. The topological polar surface area (TPSA) is 55.8 Å². The number of amides is 1. The first-order valence-electron chi connectivity index (χ1n) is 9.19. The van der Waals surface area contributed by atoms with Gasteiger partial charge >= 0.3 is 5.97 Å². The fraction of sp³-hybridized carbons (Fsp3) is 0.524. The van der Waals surface area contributed by atoms with Gasteiger partial charge in [0.05, 0.1) is 13.2 Å². The number of rotatable bonds is 8. The van der Waals surface area contributed by atoms with Crippen LogP contribution in [0.5, 0.6) is 5.75 Å². The lowest BCUT2D eigenvalue weighted by Crippen LogP contribution is -2.44. The minimum absolute atomic E-state index is 0.208. The van der Waals surface area contributed by atoms with Gasteiger partial charge in [0, 0.05) is 6.08 Å². The summed E-state index contributed by atoms with van der Waals surface area (Å²) in [5.41, 5.74) is 0.995. The van der Waals surface area contributed by atoms with Crippen LogP contribution >= 0.6 is 0 Å². The third-order valence-corrected chi connectivity index (χ3v) is 4.13. The Labute approximate surface area is 156 Å². The molecule has 1 aromatic rings. The summed E-state index contributed by atoms with van der Waals surface area (Å²) in [5.74, 6) is 1.24. The van der Waals surface area contributed by atoms with Gasteiger partial charge in [0.2, 0.25) is 0 Å². The molecule has 5 heteroatoms. The molecule has 0 N–H and O–H groups in total. The molecular weight excluding hydrogens is 330 g/mol. The molecule has 1 atom stereocenters. The predicted molar refractivity (Wildman–Crippen MR) is 101 cm³/mol. The first-order chi connectivity index (χ1) is 12.3. The molecule has 0 aliphatic carbocycles. The Morgan fingerprint density at radius 1 is 1.15 bits per heavy atom. The van der Waals surface area contributed by atoms with Crippen LogP contribution in [-0.2, 0) is 14.3 Å². The molecule has 1 unspecified atom stereocenters. The van der Waals surface area contributed by atoms with Gasteiger partial charge in [-0.3, -0.25) is 4.79 Å². The lowest BCUT2D eigenvalue weighted by molar-refractivity contribution is -0.155. The highest BCUT2D eigenvalue weighted by Gasteiger charge is 2.35. The number of hydrogen-bond donors (Lipinski definition) is 0. The molecule has 2 rings (SSSR count). The van der Waals surface area contributed by atoms with Crippen molar-refractivity contribution < 1.29 is 19.1 Å². The molecule has 142 valence electrons. The van der Waals surface area contributed by atoms with Crippen LogP contribution in [0.2, 0.25) is 0 Å². The zero-order valence-corrected chi connectivity index (χ0v) is 16.3. The van der Waals surface area contributed by atoms with Crippen LogP contribution in [0, 0.1) is 18.8 Å². The van der Waals surface area contributed by atoms with Crippen LogP contribution in [0.4, 0.5) is 0 Å². The van der Waals surface area contributed by atoms with Gasteiger partial charge in [0.25, 0.3) is 5.91 Å². The number of nitrogens with zero attached hydrogens (tertiary/aromatic N) is 1. The first kappa shape index (κ1) is 20.0. The number of para-hydroxylation sites is 1. The van der Waals surface area contributed by atoms with Gasteiger partial charge in [-0.25, -0.2) is 4.79 Å². The van der Waals surface area contributed by atoms with Crippen LogP contribution < -0.4 is 4.74 Å². The van der Waals surface area contributed by atoms with Gasteiger partial charge in [-0.1, -0.05) is 45.9 Å². The molecular formula is C21H29NO4. The van der Waals surface area contributed by atoms with E-state index in [0.717, 1.165) is 11.3 Å². The van der Waals surface area contributed by atoms with Crippen LogP contribution in [-0.4, -0.2) is 36.0 Å². The lowest BCUT2D eigenvalue weighted by Gasteiger charge is -2.28.